The Morgan fingerprint density at radius 1 is 1.69 bits per heavy atom. The number of thiazole rings is 1. The van der Waals surface area contributed by atoms with Crippen LogP contribution in [-0.4, -0.2) is 41.9 Å². The fraction of sp³-hybridized carbons (Fsp3) is 0.636. The van der Waals surface area contributed by atoms with Crippen LogP contribution >= 0.6 is 11.3 Å². The minimum atomic E-state index is 0.0230. The van der Waals surface area contributed by atoms with Gasteiger partial charge >= 0.3 is 0 Å². The number of carbonyl (C=O) groups is 1. The number of rotatable bonds is 3. The largest absolute Gasteiger partial charge is 0.368 e. The highest BCUT2D eigenvalue weighted by Crippen LogP contribution is 2.26. The molecular weight excluding hydrogens is 224 g/mol. The molecule has 16 heavy (non-hydrogen) atoms. The maximum Gasteiger partial charge on any atom is 0.161 e. The molecule has 0 aromatic carbocycles. The molecule has 1 saturated heterocycles. The minimum Gasteiger partial charge on any atom is -0.368 e. The summed E-state index contributed by atoms with van der Waals surface area (Å²) in [6, 6.07) is 0.525. The average Bonchev–Trinajstić information content (AvgIpc) is 2.77. The summed E-state index contributed by atoms with van der Waals surface area (Å²) in [4.78, 5) is 17.9. The SMILES string of the molecule is CC(C)N1CCOC(c2ncc(C=O)s2)C1. The third-order valence-electron chi connectivity index (χ3n) is 2.76. The molecule has 88 valence electrons. The van der Waals surface area contributed by atoms with Crippen LogP contribution in [0.25, 0.3) is 0 Å². The molecule has 0 amide bonds. The van der Waals surface area contributed by atoms with Crippen molar-refractivity contribution >= 4 is 17.6 Å². The van der Waals surface area contributed by atoms with Crippen LogP contribution in [-0.2, 0) is 4.74 Å². The molecular formula is C11H16N2O2S. The predicted molar refractivity (Wildman–Crippen MR) is 62.9 cm³/mol. The van der Waals surface area contributed by atoms with E-state index in [0.29, 0.717) is 10.9 Å². The first-order valence-corrected chi connectivity index (χ1v) is 6.29. The Morgan fingerprint density at radius 3 is 3.12 bits per heavy atom. The zero-order valence-corrected chi connectivity index (χ0v) is 10.4. The topological polar surface area (TPSA) is 42.4 Å². The van der Waals surface area contributed by atoms with Crippen LogP contribution in [0.5, 0.6) is 0 Å². The van der Waals surface area contributed by atoms with E-state index in [4.69, 9.17) is 4.74 Å². The van der Waals surface area contributed by atoms with Crippen molar-refractivity contribution in [3.8, 4) is 0 Å². The van der Waals surface area contributed by atoms with Gasteiger partial charge in [-0.05, 0) is 13.8 Å². The lowest BCUT2D eigenvalue weighted by Crippen LogP contribution is -2.42. The monoisotopic (exact) mass is 240 g/mol. The second-order valence-corrected chi connectivity index (χ2v) is 5.26. The van der Waals surface area contributed by atoms with E-state index < -0.39 is 0 Å². The van der Waals surface area contributed by atoms with Crippen molar-refractivity contribution in [3.63, 3.8) is 0 Å². The van der Waals surface area contributed by atoms with Crippen LogP contribution in [0.3, 0.4) is 0 Å². The molecule has 4 nitrogen and oxygen atoms in total. The third kappa shape index (κ3) is 2.48. The highest BCUT2D eigenvalue weighted by molar-refractivity contribution is 7.13. The highest BCUT2D eigenvalue weighted by Gasteiger charge is 2.25. The van der Waals surface area contributed by atoms with Gasteiger partial charge in [-0.3, -0.25) is 9.69 Å². The van der Waals surface area contributed by atoms with Crippen molar-refractivity contribution < 1.29 is 9.53 Å². The van der Waals surface area contributed by atoms with E-state index in [-0.39, 0.29) is 6.10 Å². The lowest BCUT2D eigenvalue weighted by molar-refractivity contribution is -0.0402. The summed E-state index contributed by atoms with van der Waals surface area (Å²) >= 11 is 1.42. The summed E-state index contributed by atoms with van der Waals surface area (Å²) in [5.74, 6) is 0. The van der Waals surface area contributed by atoms with Crippen LogP contribution in [0.15, 0.2) is 6.20 Å². The first-order valence-electron chi connectivity index (χ1n) is 5.47. The summed E-state index contributed by atoms with van der Waals surface area (Å²) in [5, 5.41) is 0.910. The number of ether oxygens (including phenoxy) is 1. The maximum atomic E-state index is 10.6. The van der Waals surface area contributed by atoms with Gasteiger partial charge in [-0.25, -0.2) is 4.98 Å². The molecule has 1 aromatic heterocycles. The molecule has 0 bridgehead atoms. The summed E-state index contributed by atoms with van der Waals surface area (Å²) in [6.07, 6.45) is 2.48. The Kier molecular flexibility index (Phi) is 3.68. The van der Waals surface area contributed by atoms with Gasteiger partial charge in [-0.15, -0.1) is 11.3 Å². The van der Waals surface area contributed by atoms with Gasteiger partial charge in [0.2, 0.25) is 0 Å². The Morgan fingerprint density at radius 2 is 2.50 bits per heavy atom. The molecule has 1 atom stereocenters. The van der Waals surface area contributed by atoms with Gasteiger partial charge in [-0.2, -0.15) is 0 Å². The quantitative estimate of drug-likeness (QED) is 0.755. The fourth-order valence-corrected chi connectivity index (χ4v) is 2.57. The molecule has 0 aliphatic carbocycles. The van der Waals surface area contributed by atoms with E-state index in [1.54, 1.807) is 6.20 Å². The Labute approximate surface area is 99.2 Å². The molecule has 1 aliphatic rings. The second-order valence-electron chi connectivity index (χ2n) is 4.17. The molecule has 0 spiro atoms. The van der Waals surface area contributed by atoms with Crippen molar-refractivity contribution in [2.45, 2.75) is 26.0 Å². The number of aromatic nitrogens is 1. The lowest BCUT2D eigenvalue weighted by Gasteiger charge is -2.34. The Bertz CT molecular complexity index is 365. The number of morpholine rings is 1. The standard InChI is InChI=1S/C11H16N2O2S/c1-8(2)13-3-4-15-10(6-13)11-12-5-9(7-14)16-11/h5,7-8,10H,3-4,6H2,1-2H3. The van der Waals surface area contributed by atoms with E-state index in [1.165, 1.54) is 11.3 Å². The minimum absolute atomic E-state index is 0.0230. The van der Waals surface area contributed by atoms with E-state index in [2.05, 4.69) is 23.7 Å². The van der Waals surface area contributed by atoms with Crippen molar-refractivity contribution in [2.75, 3.05) is 19.7 Å². The number of aldehydes is 1. The van der Waals surface area contributed by atoms with Crippen LogP contribution in [0.2, 0.25) is 0 Å². The van der Waals surface area contributed by atoms with Crippen molar-refractivity contribution in [3.05, 3.63) is 16.1 Å². The maximum absolute atomic E-state index is 10.6. The van der Waals surface area contributed by atoms with Crippen LogP contribution in [0.4, 0.5) is 0 Å². The lowest BCUT2D eigenvalue weighted by atomic mass is 10.2. The second kappa shape index (κ2) is 5.03. The molecule has 1 aromatic rings. The van der Waals surface area contributed by atoms with Crippen molar-refractivity contribution in [2.24, 2.45) is 0 Å². The van der Waals surface area contributed by atoms with Gasteiger partial charge in [-0.1, -0.05) is 0 Å². The van der Waals surface area contributed by atoms with Crippen LogP contribution < -0.4 is 0 Å². The van der Waals surface area contributed by atoms with Gasteiger partial charge in [0.15, 0.2) is 6.29 Å². The fourth-order valence-electron chi connectivity index (χ4n) is 1.79. The van der Waals surface area contributed by atoms with Gasteiger partial charge in [0.25, 0.3) is 0 Å². The summed E-state index contributed by atoms with van der Waals surface area (Å²) in [5.41, 5.74) is 0. The van der Waals surface area contributed by atoms with Crippen molar-refractivity contribution in [1.82, 2.24) is 9.88 Å². The van der Waals surface area contributed by atoms with E-state index in [0.717, 1.165) is 31.0 Å². The Hall–Kier alpha value is -0.780. The Balaban J connectivity index is 2.06. The third-order valence-corrected chi connectivity index (χ3v) is 3.78. The zero-order chi connectivity index (χ0) is 11.5. The summed E-state index contributed by atoms with van der Waals surface area (Å²) < 4.78 is 5.69. The molecule has 2 rings (SSSR count). The van der Waals surface area contributed by atoms with E-state index in [1.807, 2.05) is 0 Å². The van der Waals surface area contributed by atoms with E-state index in [9.17, 15) is 4.79 Å². The van der Waals surface area contributed by atoms with Gasteiger partial charge in [0, 0.05) is 25.3 Å². The molecule has 5 heteroatoms. The normalized spacial score (nSPS) is 22.6. The first kappa shape index (κ1) is 11.7. The molecule has 1 unspecified atom stereocenters. The van der Waals surface area contributed by atoms with E-state index >= 15 is 0 Å². The van der Waals surface area contributed by atoms with Crippen LogP contribution in [0.1, 0.15) is 34.6 Å². The first-order chi connectivity index (χ1) is 7.70. The molecule has 0 radical (unpaired) electrons. The average molecular weight is 240 g/mol. The molecule has 0 N–H and O–H groups in total. The molecule has 2 heterocycles. The summed E-state index contributed by atoms with van der Waals surface area (Å²) in [6.45, 7) is 6.94. The van der Waals surface area contributed by atoms with Gasteiger partial charge in [0.1, 0.15) is 11.1 Å². The predicted octanol–water partition coefficient (Wildman–Crippen LogP) is 1.74. The molecule has 0 saturated carbocycles. The molecule has 1 fully saturated rings. The number of hydrogen-bond acceptors (Lipinski definition) is 5. The van der Waals surface area contributed by atoms with Crippen LogP contribution in [0, 0.1) is 0 Å². The van der Waals surface area contributed by atoms with Gasteiger partial charge in [0.05, 0.1) is 11.5 Å². The van der Waals surface area contributed by atoms with Gasteiger partial charge < -0.3 is 4.74 Å². The number of carbonyl (C=O) groups excluding carboxylic acids is 1. The molecule has 1 aliphatic heterocycles. The highest BCUT2D eigenvalue weighted by atomic mass is 32.1. The smallest absolute Gasteiger partial charge is 0.161 e. The van der Waals surface area contributed by atoms with Crippen molar-refractivity contribution in [1.29, 1.82) is 0 Å². The summed E-state index contributed by atoms with van der Waals surface area (Å²) in [7, 11) is 0. The zero-order valence-electron chi connectivity index (χ0n) is 9.55. The number of hydrogen-bond donors (Lipinski definition) is 0. The number of nitrogens with zero attached hydrogens (tertiary/aromatic N) is 2.